The minimum absolute atomic E-state index is 0.251. The number of nitrogens with zero attached hydrogens (tertiary/aromatic N) is 3. The zero-order valence-electron chi connectivity index (χ0n) is 16.3. The van der Waals surface area contributed by atoms with E-state index in [9.17, 15) is 4.39 Å². The van der Waals surface area contributed by atoms with E-state index in [1.807, 2.05) is 32.2 Å². The second-order valence-electron chi connectivity index (χ2n) is 6.72. The van der Waals surface area contributed by atoms with Crippen LogP contribution in [0.3, 0.4) is 0 Å². The highest BCUT2D eigenvalue weighted by Gasteiger charge is 2.12. The third kappa shape index (κ3) is 4.42. The predicted octanol–water partition coefficient (Wildman–Crippen LogP) is 5.70. The Morgan fingerprint density at radius 1 is 1.00 bits per heavy atom. The van der Waals surface area contributed by atoms with Gasteiger partial charge in [-0.25, -0.2) is 9.37 Å². The Hall–Kier alpha value is -2.95. The molecule has 0 fully saturated rings. The molecule has 0 radical (unpaired) electrons. The van der Waals surface area contributed by atoms with Crippen molar-refractivity contribution in [2.24, 2.45) is 0 Å². The summed E-state index contributed by atoms with van der Waals surface area (Å²) in [7, 11) is 2.01. The van der Waals surface area contributed by atoms with Crippen molar-refractivity contribution < 1.29 is 4.39 Å². The van der Waals surface area contributed by atoms with E-state index in [1.54, 1.807) is 6.07 Å². The van der Waals surface area contributed by atoms with E-state index in [2.05, 4.69) is 41.2 Å². The number of anilines is 4. The highest BCUT2D eigenvalue weighted by Crippen LogP contribution is 2.27. The van der Waals surface area contributed by atoms with E-state index >= 15 is 0 Å². The van der Waals surface area contributed by atoms with E-state index in [4.69, 9.17) is 4.98 Å². The smallest absolute Gasteiger partial charge is 0.229 e. The van der Waals surface area contributed by atoms with Crippen molar-refractivity contribution in [2.45, 2.75) is 33.6 Å². The van der Waals surface area contributed by atoms with Gasteiger partial charge in [0.1, 0.15) is 11.6 Å². The van der Waals surface area contributed by atoms with E-state index in [-0.39, 0.29) is 5.82 Å². The van der Waals surface area contributed by atoms with Crippen molar-refractivity contribution in [3.8, 4) is 0 Å². The fraction of sp³-hybridized carbons (Fsp3) is 0.273. The van der Waals surface area contributed by atoms with Crippen molar-refractivity contribution in [3.63, 3.8) is 0 Å². The summed E-state index contributed by atoms with van der Waals surface area (Å²) in [4.78, 5) is 11.4. The van der Waals surface area contributed by atoms with Crippen LogP contribution in [-0.4, -0.2) is 17.0 Å². The minimum Gasteiger partial charge on any atom is -0.329 e. The standard InChI is InChI=1S/C22H25FN4/c1-5-8-18-14-21(27(4)20-10-7-6-9-15(20)2)26-22(24-18)25-19-12-11-17(23)13-16(19)3/h6-7,9-14H,5,8H2,1-4H3,(H,24,25,26). The Morgan fingerprint density at radius 3 is 2.48 bits per heavy atom. The molecule has 0 bridgehead atoms. The number of hydrogen-bond acceptors (Lipinski definition) is 4. The van der Waals surface area contributed by atoms with Gasteiger partial charge in [-0.2, -0.15) is 4.98 Å². The Bertz CT molecular complexity index is 939. The molecule has 0 atom stereocenters. The largest absolute Gasteiger partial charge is 0.329 e. The molecule has 0 amide bonds. The number of nitrogens with one attached hydrogen (secondary N) is 1. The molecule has 4 nitrogen and oxygen atoms in total. The first kappa shape index (κ1) is 18.8. The molecule has 0 saturated heterocycles. The molecular formula is C22H25FN4. The molecule has 3 aromatic rings. The lowest BCUT2D eigenvalue weighted by molar-refractivity contribution is 0.627. The Labute approximate surface area is 160 Å². The molecule has 140 valence electrons. The molecule has 2 aromatic carbocycles. The van der Waals surface area contributed by atoms with Crippen LogP contribution in [0, 0.1) is 19.7 Å². The highest BCUT2D eigenvalue weighted by atomic mass is 19.1. The van der Waals surface area contributed by atoms with Crippen molar-refractivity contribution in [1.82, 2.24) is 9.97 Å². The Balaban J connectivity index is 1.98. The molecule has 0 saturated carbocycles. The van der Waals surface area contributed by atoms with Crippen molar-refractivity contribution in [2.75, 3.05) is 17.3 Å². The lowest BCUT2D eigenvalue weighted by atomic mass is 10.2. The van der Waals surface area contributed by atoms with Crippen molar-refractivity contribution in [1.29, 1.82) is 0 Å². The van der Waals surface area contributed by atoms with Crippen LogP contribution in [0.2, 0.25) is 0 Å². The molecule has 1 aromatic heterocycles. The monoisotopic (exact) mass is 364 g/mol. The van der Waals surface area contributed by atoms with Gasteiger partial charge in [-0.1, -0.05) is 31.5 Å². The van der Waals surface area contributed by atoms with Crippen LogP contribution < -0.4 is 10.2 Å². The maximum absolute atomic E-state index is 13.4. The molecular weight excluding hydrogens is 339 g/mol. The lowest BCUT2D eigenvalue weighted by Crippen LogP contribution is -2.14. The van der Waals surface area contributed by atoms with Gasteiger partial charge < -0.3 is 10.2 Å². The normalized spacial score (nSPS) is 10.7. The summed E-state index contributed by atoms with van der Waals surface area (Å²) in [6.45, 7) is 6.08. The molecule has 0 spiro atoms. The fourth-order valence-corrected chi connectivity index (χ4v) is 3.05. The van der Waals surface area contributed by atoms with Crippen LogP contribution in [0.4, 0.5) is 27.5 Å². The molecule has 1 N–H and O–H groups in total. The van der Waals surface area contributed by atoms with Gasteiger partial charge in [0.25, 0.3) is 0 Å². The number of aromatic nitrogens is 2. The SMILES string of the molecule is CCCc1cc(N(C)c2ccccc2C)nc(Nc2ccc(F)cc2C)n1. The van der Waals surface area contributed by atoms with Crippen LogP contribution in [0.1, 0.15) is 30.2 Å². The second-order valence-corrected chi connectivity index (χ2v) is 6.72. The minimum atomic E-state index is -0.251. The number of hydrogen-bond donors (Lipinski definition) is 1. The summed E-state index contributed by atoms with van der Waals surface area (Å²) in [5.74, 6) is 1.09. The average Bonchev–Trinajstić information content (AvgIpc) is 2.64. The molecule has 3 rings (SSSR count). The Kier molecular flexibility index (Phi) is 5.69. The maximum Gasteiger partial charge on any atom is 0.229 e. The van der Waals surface area contributed by atoms with Crippen molar-refractivity contribution >= 4 is 23.1 Å². The summed E-state index contributed by atoms with van der Waals surface area (Å²) in [6.07, 6.45) is 1.87. The molecule has 0 unspecified atom stereocenters. The Morgan fingerprint density at radius 2 is 1.78 bits per heavy atom. The molecule has 0 aliphatic heterocycles. The zero-order valence-corrected chi connectivity index (χ0v) is 16.3. The third-order valence-corrected chi connectivity index (χ3v) is 4.53. The predicted molar refractivity (Wildman–Crippen MR) is 110 cm³/mol. The van der Waals surface area contributed by atoms with Gasteiger partial charge in [-0.3, -0.25) is 0 Å². The number of aryl methyl sites for hydroxylation is 3. The van der Waals surface area contributed by atoms with Gasteiger partial charge in [0.2, 0.25) is 5.95 Å². The summed E-state index contributed by atoms with van der Waals surface area (Å²) in [6, 6.07) is 14.9. The third-order valence-electron chi connectivity index (χ3n) is 4.53. The molecule has 0 aliphatic carbocycles. The first-order valence-electron chi connectivity index (χ1n) is 9.18. The maximum atomic E-state index is 13.4. The van der Waals surface area contributed by atoms with Crippen molar-refractivity contribution in [3.05, 3.63) is 71.2 Å². The first-order chi connectivity index (χ1) is 13.0. The van der Waals surface area contributed by atoms with E-state index in [0.717, 1.165) is 41.3 Å². The molecule has 0 aliphatic rings. The van der Waals surface area contributed by atoms with Gasteiger partial charge >= 0.3 is 0 Å². The summed E-state index contributed by atoms with van der Waals surface area (Å²) in [5, 5.41) is 3.24. The van der Waals surface area contributed by atoms with E-state index in [0.29, 0.717) is 5.95 Å². The summed E-state index contributed by atoms with van der Waals surface area (Å²) >= 11 is 0. The summed E-state index contributed by atoms with van der Waals surface area (Å²) in [5.41, 5.74) is 4.87. The first-order valence-corrected chi connectivity index (χ1v) is 9.18. The van der Waals surface area contributed by atoms with Gasteiger partial charge in [-0.15, -0.1) is 0 Å². The fourth-order valence-electron chi connectivity index (χ4n) is 3.05. The highest BCUT2D eigenvalue weighted by molar-refractivity contribution is 5.65. The zero-order chi connectivity index (χ0) is 19.4. The van der Waals surface area contributed by atoms with E-state index < -0.39 is 0 Å². The quantitative estimate of drug-likeness (QED) is 0.609. The number of rotatable bonds is 6. The van der Waals surface area contributed by atoms with Crippen LogP contribution in [0.5, 0.6) is 0 Å². The second kappa shape index (κ2) is 8.16. The molecule has 27 heavy (non-hydrogen) atoms. The number of para-hydroxylation sites is 1. The van der Waals surface area contributed by atoms with Gasteiger partial charge in [0.15, 0.2) is 0 Å². The summed E-state index contributed by atoms with van der Waals surface area (Å²) < 4.78 is 13.4. The lowest BCUT2D eigenvalue weighted by Gasteiger charge is -2.22. The van der Waals surface area contributed by atoms with Gasteiger partial charge in [-0.05, 0) is 55.7 Å². The van der Waals surface area contributed by atoms with E-state index in [1.165, 1.54) is 17.7 Å². The van der Waals surface area contributed by atoms with Gasteiger partial charge in [0, 0.05) is 30.2 Å². The van der Waals surface area contributed by atoms with Crippen LogP contribution >= 0.6 is 0 Å². The van der Waals surface area contributed by atoms with Crippen LogP contribution in [0.15, 0.2) is 48.5 Å². The van der Waals surface area contributed by atoms with Crippen LogP contribution in [0.25, 0.3) is 0 Å². The number of benzene rings is 2. The molecule has 5 heteroatoms. The van der Waals surface area contributed by atoms with Gasteiger partial charge in [0.05, 0.1) is 0 Å². The average molecular weight is 364 g/mol. The van der Waals surface area contributed by atoms with Crippen LogP contribution in [-0.2, 0) is 6.42 Å². The molecule has 1 heterocycles. The topological polar surface area (TPSA) is 41.1 Å². The number of halogens is 1.